The van der Waals surface area contributed by atoms with E-state index in [1.807, 2.05) is 0 Å². The lowest BCUT2D eigenvalue weighted by Gasteiger charge is -2.28. The summed E-state index contributed by atoms with van der Waals surface area (Å²) in [5.41, 5.74) is 0. The molecule has 1 heterocycles. The van der Waals surface area contributed by atoms with Crippen molar-refractivity contribution in [2.45, 2.75) is 38.6 Å². The van der Waals surface area contributed by atoms with Crippen molar-refractivity contribution in [2.24, 2.45) is 10.9 Å². The number of urea groups is 1. The Morgan fingerprint density at radius 2 is 2.05 bits per heavy atom. The maximum absolute atomic E-state index is 11.4. The minimum absolute atomic E-state index is 0.103. The highest BCUT2D eigenvalue weighted by atomic mass is 16.2. The lowest BCUT2D eigenvalue weighted by atomic mass is 9.87. The Bertz CT molecular complexity index is 400. The van der Waals surface area contributed by atoms with Gasteiger partial charge in [0.05, 0.1) is 6.54 Å². The summed E-state index contributed by atoms with van der Waals surface area (Å²) in [5, 5.41) is 9.07. The Morgan fingerprint density at radius 3 is 2.62 bits per heavy atom. The van der Waals surface area contributed by atoms with E-state index in [9.17, 15) is 9.59 Å². The monoisotopic (exact) mass is 295 g/mol. The van der Waals surface area contributed by atoms with Gasteiger partial charge in [0.15, 0.2) is 5.96 Å². The van der Waals surface area contributed by atoms with Crippen LogP contribution in [0.15, 0.2) is 4.99 Å². The van der Waals surface area contributed by atoms with Crippen molar-refractivity contribution in [3.8, 4) is 0 Å². The summed E-state index contributed by atoms with van der Waals surface area (Å²) in [6, 6.07) is 0.148. The average molecular weight is 295 g/mol. The zero-order valence-electron chi connectivity index (χ0n) is 12.8. The van der Waals surface area contributed by atoms with E-state index in [1.54, 1.807) is 7.05 Å². The zero-order valence-corrected chi connectivity index (χ0v) is 12.8. The normalized spacial score (nSPS) is 26.8. The first-order valence-corrected chi connectivity index (χ1v) is 7.65. The van der Waals surface area contributed by atoms with E-state index in [1.165, 1.54) is 17.7 Å². The molecule has 0 aromatic rings. The molecule has 0 aromatic carbocycles. The van der Waals surface area contributed by atoms with E-state index in [-0.39, 0.29) is 18.5 Å². The molecule has 1 saturated heterocycles. The Morgan fingerprint density at radius 1 is 1.33 bits per heavy atom. The van der Waals surface area contributed by atoms with E-state index in [0.29, 0.717) is 19.1 Å². The van der Waals surface area contributed by atoms with Crippen molar-refractivity contribution in [2.75, 3.05) is 26.7 Å². The lowest BCUT2D eigenvalue weighted by molar-refractivity contribution is -0.124. The van der Waals surface area contributed by atoms with Gasteiger partial charge in [-0.2, -0.15) is 0 Å². The topological polar surface area (TPSA) is 85.8 Å². The van der Waals surface area contributed by atoms with Crippen LogP contribution in [-0.4, -0.2) is 55.5 Å². The van der Waals surface area contributed by atoms with Crippen molar-refractivity contribution < 1.29 is 9.59 Å². The van der Waals surface area contributed by atoms with Gasteiger partial charge in [0, 0.05) is 26.2 Å². The Hall–Kier alpha value is -1.79. The zero-order chi connectivity index (χ0) is 15.2. The van der Waals surface area contributed by atoms with Crippen LogP contribution in [0.5, 0.6) is 0 Å². The van der Waals surface area contributed by atoms with E-state index in [0.717, 1.165) is 24.7 Å². The summed E-state index contributed by atoms with van der Waals surface area (Å²) in [6.07, 6.45) is 4.82. The van der Waals surface area contributed by atoms with Crippen LogP contribution in [0.2, 0.25) is 0 Å². The van der Waals surface area contributed by atoms with Gasteiger partial charge >= 0.3 is 6.03 Å². The highest BCUT2D eigenvalue weighted by Crippen LogP contribution is 2.23. The van der Waals surface area contributed by atoms with Crippen LogP contribution < -0.4 is 16.0 Å². The van der Waals surface area contributed by atoms with E-state index in [4.69, 9.17) is 0 Å². The molecule has 1 aliphatic carbocycles. The van der Waals surface area contributed by atoms with Crippen LogP contribution in [0.4, 0.5) is 4.79 Å². The molecule has 2 rings (SSSR count). The number of rotatable bonds is 4. The Labute approximate surface area is 125 Å². The van der Waals surface area contributed by atoms with Gasteiger partial charge in [-0.3, -0.25) is 14.7 Å². The predicted octanol–water partition coefficient (Wildman–Crippen LogP) is 0.282. The minimum atomic E-state index is -0.314. The molecule has 118 valence electrons. The molecule has 1 aliphatic heterocycles. The molecular weight excluding hydrogens is 270 g/mol. The maximum atomic E-state index is 11.4. The van der Waals surface area contributed by atoms with Gasteiger partial charge in [-0.15, -0.1) is 0 Å². The fraction of sp³-hybridized carbons (Fsp3) is 0.786. The van der Waals surface area contributed by atoms with Gasteiger partial charge < -0.3 is 16.0 Å². The highest BCUT2D eigenvalue weighted by Gasteiger charge is 2.27. The van der Waals surface area contributed by atoms with Gasteiger partial charge in [-0.25, -0.2) is 4.79 Å². The minimum Gasteiger partial charge on any atom is -0.355 e. The lowest BCUT2D eigenvalue weighted by Crippen LogP contribution is -2.47. The summed E-state index contributed by atoms with van der Waals surface area (Å²) < 4.78 is 0. The van der Waals surface area contributed by atoms with Gasteiger partial charge in [-0.05, 0) is 31.6 Å². The van der Waals surface area contributed by atoms with Crippen molar-refractivity contribution >= 4 is 17.9 Å². The van der Waals surface area contributed by atoms with Gasteiger partial charge in [0.1, 0.15) is 0 Å². The van der Waals surface area contributed by atoms with Crippen molar-refractivity contribution in [1.82, 2.24) is 20.9 Å². The molecule has 3 N–H and O–H groups in total. The molecule has 1 saturated carbocycles. The molecular formula is C14H25N5O2. The number of nitrogens with one attached hydrogen (secondary N) is 3. The van der Waals surface area contributed by atoms with Crippen molar-refractivity contribution in [3.63, 3.8) is 0 Å². The third kappa shape index (κ3) is 4.34. The highest BCUT2D eigenvalue weighted by molar-refractivity contribution is 6.01. The van der Waals surface area contributed by atoms with Crippen LogP contribution in [0, 0.1) is 5.92 Å². The average Bonchev–Trinajstić information content (AvgIpc) is 2.80. The number of guanidine groups is 1. The molecule has 2 fully saturated rings. The first kappa shape index (κ1) is 15.6. The molecule has 2 aliphatic rings. The van der Waals surface area contributed by atoms with Gasteiger partial charge in [0.2, 0.25) is 5.91 Å². The molecule has 7 nitrogen and oxygen atoms in total. The number of amides is 3. The molecule has 0 atom stereocenters. The van der Waals surface area contributed by atoms with E-state index < -0.39 is 0 Å². The SMILES string of the molecule is CN=C(NCCN1C(=O)CNC1=O)NC1CCC(C)CC1. The van der Waals surface area contributed by atoms with Crippen LogP contribution in [0.25, 0.3) is 0 Å². The number of imide groups is 1. The molecule has 21 heavy (non-hydrogen) atoms. The number of hydrogen-bond donors (Lipinski definition) is 3. The summed E-state index contributed by atoms with van der Waals surface area (Å²) in [7, 11) is 1.73. The largest absolute Gasteiger partial charge is 0.355 e. The van der Waals surface area contributed by atoms with Crippen molar-refractivity contribution in [1.29, 1.82) is 0 Å². The second-order valence-electron chi connectivity index (χ2n) is 5.80. The molecule has 0 unspecified atom stereocenters. The van der Waals surface area contributed by atoms with Gasteiger partial charge in [0.25, 0.3) is 0 Å². The number of hydrogen-bond acceptors (Lipinski definition) is 3. The number of carbonyl (C=O) groups excluding carboxylic acids is 2. The molecule has 0 aromatic heterocycles. The third-order valence-corrected chi connectivity index (χ3v) is 4.15. The van der Waals surface area contributed by atoms with Gasteiger partial charge in [-0.1, -0.05) is 6.92 Å². The summed E-state index contributed by atoms with van der Waals surface area (Å²) in [5.74, 6) is 1.38. The maximum Gasteiger partial charge on any atom is 0.324 e. The fourth-order valence-electron chi connectivity index (χ4n) is 2.76. The molecule has 7 heteroatoms. The standard InChI is InChI=1S/C14H25N5O2/c1-10-3-5-11(6-4-10)18-13(15-2)16-7-8-19-12(20)9-17-14(19)21/h10-11H,3-9H2,1-2H3,(H,17,21)(H2,15,16,18). The number of aliphatic imine (C=N–C) groups is 1. The Kier molecular flexibility index (Phi) is 5.41. The Balaban J connectivity index is 1.70. The summed E-state index contributed by atoms with van der Waals surface area (Å²) >= 11 is 0. The molecule has 0 bridgehead atoms. The van der Waals surface area contributed by atoms with Crippen molar-refractivity contribution in [3.05, 3.63) is 0 Å². The van der Waals surface area contributed by atoms with E-state index in [2.05, 4.69) is 27.9 Å². The first-order chi connectivity index (χ1) is 10.1. The second-order valence-corrected chi connectivity index (χ2v) is 5.80. The smallest absolute Gasteiger partial charge is 0.324 e. The molecule has 0 spiro atoms. The third-order valence-electron chi connectivity index (χ3n) is 4.15. The molecule has 3 amide bonds. The van der Waals surface area contributed by atoms with E-state index >= 15 is 0 Å². The number of carbonyl (C=O) groups is 2. The quantitative estimate of drug-likeness (QED) is 0.395. The second kappa shape index (κ2) is 7.28. The molecule has 0 radical (unpaired) electrons. The number of nitrogens with zero attached hydrogens (tertiary/aromatic N) is 2. The summed E-state index contributed by atoms with van der Waals surface area (Å²) in [6.45, 7) is 3.25. The first-order valence-electron chi connectivity index (χ1n) is 7.65. The fourth-order valence-corrected chi connectivity index (χ4v) is 2.76. The predicted molar refractivity (Wildman–Crippen MR) is 81.0 cm³/mol. The van der Waals surface area contributed by atoms with Crippen LogP contribution in [-0.2, 0) is 4.79 Å². The van der Waals surface area contributed by atoms with Crippen LogP contribution in [0.3, 0.4) is 0 Å². The summed E-state index contributed by atoms with van der Waals surface area (Å²) in [4.78, 5) is 28.3. The van der Waals surface area contributed by atoms with Crippen LogP contribution >= 0.6 is 0 Å². The van der Waals surface area contributed by atoms with Crippen LogP contribution in [0.1, 0.15) is 32.6 Å².